The molecule has 0 amide bonds. The van der Waals surface area contributed by atoms with Gasteiger partial charge in [-0.1, -0.05) is 113 Å². The van der Waals surface area contributed by atoms with Crippen molar-refractivity contribution >= 4 is 25.0 Å². The maximum Gasteiger partial charge on any atom is 0.0806 e. The second kappa shape index (κ2) is 14.0. The van der Waals surface area contributed by atoms with Crippen LogP contribution in [0.15, 0.2) is 30.3 Å². The summed E-state index contributed by atoms with van der Waals surface area (Å²) in [5.41, 5.74) is 0. The van der Waals surface area contributed by atoms with Gasteiger partial charge >= 0.3 is 0 Å². The monoisotopic (exact) mass is 364 g/mol. The van der Waals surface area contributed by atoms with Crippen molar-refractivity contribution in [1.29, 1.82) is 0 Å². The Bertz CT molecular complexity index is 388. The van der Waals surface area contributed by atoms with E-state index in [2.05, 4.69) is 62.1 Å². The van der Waals surface area contributed by atoms with E-state index in [0.29, 0.717) is 0 Å². The summed E-state index contributed by atoms with van der Waals surface area (Å²) < 4.78 is 0. The van der Waals surface area contributed by atoms with Crippen LogP contribution in [-0.4, -0.2) is 19.6 Å². The molecule has 2 heteroatoms. The van der Waals surface area contributed by atoms with Gasteiger partial charge in [-0.15, -0.1) is 0 Å². The number of rotatable bonds is 15. The molecule has 0 unspecified atom stereocenters. The Balaban J connectivity index is 1.90. The lowest BCUT2D eigenvalue weighted by Gasteiger charge is -2.22. The molecule has 0 nitrogen and oxygen atoms in total. The number of hydrogen-bond acceptors (Lipinski definition) is 1. The largest absolute Gasteiger partial charge is 0.162 e. The predicted molar refractivity (Wildman–Crippen MR) is 118 cm³/mol. The van der Waals surface area contributed by atoms with Gasteiger partial charge in [0.05, 0.1) is 8.07 Å². The van der Waals surface area contributed by atoms with Gasteiger partial charge in [0.15, 0.2) is 0 Å². The van der Waals surface area contributed by atoms with Crippen molar-refractivity contribution in [2.24, 2.45) is 0 Å². The standard InChI is InChI=1S/C22H40SSi/c1-4-19-23-20-15-10-8-6-5-7-9-11-16-21-24(2,3)22-17-13-12-14-18-22/h12-14,17-18H,4-11,15-16,19-21H2,1-3H3. The summed E-state index contributed by atoms with van der Waals surface area (Å²) in [6.45, 7) is 7.33. The van der Waals surface area contributed by atoms with Gasteiger partial charge in [0.2, 0.25) is 0 Å². The molecule has 0 heterocycles. The fourth-order valence-corrected chi connectivity index (χ4v) is 6.71. The zero-order chi connectivity index (χ0) is 17.5. The van der Waals surface area contributed by atoms with Crippen molar-refractivity contribution in [2.45, 2.75) is 90.3 Å². The molecule has 0 aromatic heterocycles. The maximum atomic E-state index is 2.53. The molecule has 1 aromatic carbocycles. The molecular weight excluding hydrogens is 324 g/mol. The molecule has 1 rings (SSSR count). The van der Waals surface area contributed by atoms with E-state index in [1.807, 2.05) is 0 Å². The molecule has 24 heavy (non-hydrogen) atoms. The second-order valence-corrected chi connectivity index (χ2v) is 13.9. The smallest absolute Gasteiger partial charge is 0.0806 e. The van der Waals surface area contributed by atoms with Crippen molar-refractivity contribution in [3.63, 3.8) is 0 Å². The molecule has 0 atom stereocenters. The van der Waals surface area contributed by atoms with Gasteiger partial charge in [0, 0.05) is 0 Å². The van der Waals surface area contributed by atoms with Gasteiger partial charge in [0.25, 0.3) is 0 Å². The van der Waals surface area contributed by atoms with Crippen molar-refractivity contribution in [3.05, 3.63) is 30.3 Å². The highest BCUT2D eigenvalue weighted by molar-refractivity contribution is 7.99. The van der Waals surface area contributed by atoms with E-state index in [9.17, 15) is 0 Å². The number of benzene rings is 1. The summed E-state index contributed by atoms with van der Waals surface area (Å²) in [6, 6.07) is 12.7. The number of unbranched alkanes of at least 4 members (excludes halogenated alkanes) is 8. The first kappa shape index (κ1) is 21.8. The quantitative estimate of drug-likeness (QED) is 0.233. The van der Waals surface area contributed by atoms with Gasteiger partial charge in [0.1, 0.15) is 0 Å². The number of thioether (sulfide) groups is 1. The minimum atomic E-state index is -1.18. The van der Waals surface area contributed by atoms with Crippen LogP contribution in [0.25, 0.3) is 0 Å². The van der Waals surface area contributed by atoms with Crippen LogP contribution >= 0.6 is 11.8 Å². The molecule has 0 radical (unpaired) electrons. The summed E-state index contributed by atoms with van der Waals surface area (Å²) in [7, 11) is -1.18. The highest BCUT2D eigenvalue weighted by Crippen LogP contribution is 2.17. The van der Waals surface area contributed by atoms with Gasteiger partial charge in [-0.25, -0.2) is 0 Å². The van der Waals surface area contributed by atoms with Crippen molar-refractivity contribution in [1.82, 2.24) is 0 Å². The summed E-state index contributed by atoms with van der Waals surface area (Å²) in [5.74, 6) is 2.73. The van der Waals surface area contributed by atoms with E-state index in [1.54, 1.807) is 5.19 Å². The Labute approximate surface area is 157 Å². The Morgan fingerprint density at radius 1 is 0.708 bits per heavy atom. The van der Waals surface area contributed by atoms with Crippen LogP contribution in [0, 0.1) is 0 Å². The molecule has 0 aliphatic rings. The van der Waals surface area contributed by atoms with Crippen LogP contribution in [0.4, 0.5) is 0 Å². The zero-order valence-corrected chi connectivity index (χ0v) is 18.3. The first-order valence-electron chi connectivity index (χ1n) is 10.3. The molecule has 138 valence electrons. The van der Waals surface area contributed by atoms with Gasteiger partial charge in [-0.2, -0.15) is 11.8 Å². The first-order chi connectivity index (χ1) is 11.7. The van der Waals surface area contributed by atoms with Crippen LogP contribution in [0.1, 0.15) is 71.1 Å². The van der Waals surface area contributed by atoms with Gasteiger partial charge in [-0.3, -0.25) is 0 Å². The first-order valence-corrected chi connectivity index (χ1v) is 14.7. The fourth-order valence-electron chi connectivity index (χ4n) is 3.29. The molecule has 1 aromatic rings. The summed E-state index contributed by atoms with van der Waals surface area (Å²) in [5, 5.41) is 1.63. The predicted octanol–water partition coefficient (Wildman–Crippen LogP) is 7.26. The Kier molecular flexibility index (Phi) is 12.7. The van der Waals surface area contributed by atoms with Gasteiger partial charge < -0.3 is 0 Å². The molecule has 0 spiro atoms. The van der Waals surface area contributed by atoms with Crippen LogP contribution in [-0.2, 0) is 0 Å². The van der Waals surface area contributed by atoms with Crippen LogP contribution < -0.4 is 5.19 Å². The van der Waals surface area contributed by atoms with E-state index in [0.717, 1.165) is 0 Å². The molecule has 0 aliphatic carbocycles. The third-order valence-corrected chi connectivity index (χ3v) is 9.77. The average Bonchev–Trinajstić information content (AvgIpc) is 2.60. The SMILES string of the molecule is CCCSCCCCCCCCCCC[Si](C)(C)c1ccccc1. The zero-order valence-electron chi connectivity index (χ0n) is 16.5. The topological polar surface area (TPSA) is 0 Å². The Hall–Kier alpha value is -0.213. The molecule has 0 saturated heterocycles. The fraction of sp³-hybridized carbons (Fsp3) is 0.727. The van der Waals surface area contributed by atoms with Gasteiger partial charge in [-0.05, 0) is 24.3 Å². The highest BCUT2D eigenvalue weighted by atomic mass is 32.2. The normalized spacial score (nSPS) is 11.8. The molecule has 0 N–H and O–H groups in total. The third kappa shape index (κ3) is 10.6. The van der Waals surface area contributed by atoms with Crippen LogP contribution in [0.2, 0.25) is 19.1 Å². The van der Waals surface area contributed by atoms with E-state index >= 15 is 0 Å². The lowest BCUT2D eigenvalue weighted by Crippen LogP contribution is -2.40. The van der Waals surface area contributed by atoms with E-state index < -0.39 is 8.07 Å². The summed E-state index contributed by atoms with van der Waals surface area (Å²) >= 11 is 2.13. The molecule has 0 aliphatic heterocycles. The highest BCUT2D eigenvalue weighted by Gasteiger charge is 2.21. The van der Waals surface area contributed by atoms with Crippen LogP contribution in [0.3, 0.4) is 0 Å². The average molecular weight is 365 g/mol. The van der Waals surface area contributed by atoms with E-state index in [4.69, 9.17) is 0 Å². The molecule has 0 fully saturated rings. The Morgan fingerprint density at radius 3 is 1.83 bits per heavy atom. The summed E-state index contributed by atoms with van der Waals surface area (Å²) in [6.07, 6.45) is 14.4. The maximum absolute atomic E-state index is 2.53. The molecule has 0 saturated carbocycles. The Morgan fingerprint density at radius 2 is 1.25 bits per heavy atom. The minimum absolute atomic E-state index is 1.18. The van der Waals surface area contributed by atoms with Crippen molar-refractivity contribution in [3.8, 4) is 0 Å². The second-order valence-electron chi connectivity index (χ2n) is 7.79. The summed E-state index contributed by atoms with van der Waals surface area (Å²) in [4.78, 5) is 0. The van der Waals surface area contributed by atoms with E-state index in [1.165, 1.54) is 81.8 Å². The number of hydrogen-bond donors (Lipinski definition) is 0. The van der Waals surface area contributed by atoms with Crippen LogP contribution in [0.5, 0.6) is 0 Å². The lowest BCUT2D eigenvalue weighted by molar-refractivity contribution is 0.572. The third-order valence-electron chi connectivity index (χ3n) is 4.99. The van der Waals surface area contributed by atoms with E-state index in [-0.39, 0.29) is 0 Å². The van der Waals surface area contributed by atoms with Crippen molar-refractivity contribution < 1.29 is 0 Å². The lowest BCUT2D eigenvalue weighted by atomic mass is 10.1. The molecular formula is C22H40SSi. The molecule has 0 bridgehead atoms. The minimum Gasteiger partial charge on any atom is -0.162 e. The van der Waals surface area contributed by atoms with Crippen molar-refractivity contribution in [2.75, 3.05) is 11.5 Å².